The fourth-order valence-electron chi connectivity index (χ4n) is 1.20. The van der Waals surface area contributed by atoms with Crippen LogP contribution in [-0.4, -0.2) is 23.8 Å². The summed E-state index contributed by atoms with van der Waals surface area (Å²) in [5.74, 6) is 4.84. The van der Waals surface area contributed by atoms with Crippen LogP contribution in [-0.2, 0) is 9.53 Å². The summed E-state index contributed by atoms with van der Waals surface area (Å²) in [6.07, 6.45) is 0.350. The Kier molecular flexibility index (Phi) is 5.84. The first-order valence-corrected chi connectivity index (χ1v) is 5.32. The van der Waals surface area contributed by atoms with Crippen LogP contribution in [0, 0.1) is 17.3 Å². The molecule has 0 radical (unpaired) electrons. The van der Waals surface area contributed by atoms with E-state index in [2.05, 4.69) is 11.8 Å². The number of hydrogen-bond acceptors (Lipinski definition) is 3. The third-order valence-corrected chi connectivity index (χ3v) is 2.04. The number of carbonyl (C=O) groups excluding carboxylic acids is 1. The molecule has 1 atom stereocenters. The van der Waals surface area contributed by atoms with Gasteiger partial charge in [-0.25, -0.2) is 4.79 Å². The molecule has 3 heteroatoms. The maximum Gasteiger partial charge on any atom is 0.339 e. The average molecular weight is 224 g/mol. The number of ether oxygens (including phenoxy) is 1. The second-order valence-electron chi connectivity index (χ2n) is 4.40. The first-order valence-electron chi connectivity index (χ1n) is 5.32. The van der Waals surface area contributed by atoms with Gasteiger partial charge in [0.15, 0.2) is 6.10 Å². The summed E-state index contributed by atoms with van der Waals surface area (Å²) < 4.78 is 4.78. The fourth-order valence-corrected chi connectivity index (χ4v) is 1.20. The van der Waals surface area contributed by atoms with Crippen molar-refractivity contribution in [2.45, 2.75) is 40.7 Å². The van der Waals surface area contributed by atoms with Crippen LogP contribution >= 0.6 is 0 Å². The Hall–Kier alpha value is -1.27. The summed E-state index contributed by atoms with van der Waals surface area (Å²) in [6.45, 7) is 9.41. The van der Waals surface area contributed by atoms with Crippen molar-refractivity contribution in [1.29, 1.82) is 0 Å². The lowest BCUT2D eigenvalue weighted by Crippen LogP contribution is -2.31. The van der Waals surface area contributed by atoms with E-state index in [9.17, 15) is 9.90 Å². The molecule has 0 saturated heterocycles. The van der Waals surface area contributed by atoms with Gasteiger partial charge in [0.05, 0.1) is 6.61 Å². The van der Waals surface area contributed by atoms with Crippen LogP contribution in [0.4, 0.5) is 0 Å². The molecular formula is C13H20O3. The standard InChI is InChI=1S/C13H20O3/c1-6-8-9-10(13(3,4)5)11(14)12(15)16-7-2/h9,11,14H,7H2,1-5H3/b10-9-. The van der Waals surface area contributed by atoms with Crippen LogP contribution in [0.3, 0.4) is 0 Å². The quantitative estimate of drug-likeness (QED) is 0.588. The van der Waals surface area contributed by atoms with E-state index in [1.54, 1.807) is 19.9 Å². The summed E-state index contributed by atoms with van der Waals surface area (Å²) in [5.41, 5.74) is 0.246. The minimum Gasteiger partial charge on any atom is -0.464 e. The molecule has 0 fully saturated rings. The lowest BCUT2D eigenvalue weighted by molar-refractivity contribution is -0.151. The average Bonchev–Trinajstić information content (AvgIpc) is 2.16. The molecule has 0 bridgehead atoms. The number of allylic oxidation sites excluding steroid dienone is 1. The Bertz CT molecular complexity index is 323. The lowest BCUT2D eigenvalue weighted by atomic mass is 9.83. The molecule has 0 heterocycles. The van der Waals surface area contributed by atoms with Crippen molar-refractivity contribution in [3.05, 3.63) is 11.6 Å². The Labute approximate surface area is 97.5 Å². The van der Waals surface area contributed by atoms with Crippen LogP contribution in [0.25, 0.3) is 0 Å². The van der Waals surface area contributed by atoms with Gasteiger partial charge in [0.2, 0.25) is 0 Å². The van der Waals surface area contributed by atoms with E-state index < -0.39 is 12.1 Å². The maximum atomic E-state index is 11.4. The van der Waals surface area contributed by atoms with Crippen molar-refractivity contribution in [3.8, 4) is 11.8 Å². The van der Waals surface area contributed by atoms with Gasteiger partial charge in [-0.1, -0.05) is 26.7 Å². The van der Waals surface area contributed by atoms with Gasteiger partial charge >= 0.3 is 5.97 Å². The molecule has 0 saturated carbocycles. The number of aliphatic hydroxyl groups is 1. The van der Waals surface area contributed by atoms with Gasteiger partial charge < -0.3 is 9.84 Å². The van der Waals surface area contributed by atoms with Gasteiger partial charge in [0.25, 0.3) is 0 Å². The van der Waals surface area contributed by atoms with E-state index in [1.807, 2.05) is 20.8 Å². The van der Waals surface area contributed by atoms with Gasteiger partial charge in [-0.15, -0.1) is 5.92 Å². The molecule has 1 unspecified atom stereocenters. The first-order chi connectivity index (χ1) is 7.34. The molecular weight excluding hydrogens is 204 g/mol. The van der Waals surface area contributed by atoms with Crippen LogP contribution in [0.5, 0.6) is 0 Å². The summed E-state index contributed by atoms with van der Waals surface area (Å²) in [6, 6.07) is 0. The predicted molar refractivity (Wildman–Crippen MR) is 63.6 cm³/mol. The molecule has 0 aliphatic rings. The highest BCUT2D eigenvalue weighted by Crippen LogP contribution is 2.28. The lowest BCUT2D eigenvalue weighted by Gasteiger charge is -2.25. The zero-order valence-corrected chi connectivity index (χ0v) is 10.6. The largest absolute Gasteiger partial charge is 0.464 e. The second kappa shape index (κ2) is 6.34. The fraction of sp³-hybridized carbons (Fsp3) is 0.615. The second-order valence-corrected chi connectivity index (χ2v) is 4.40. The molecule has 0 spiro atoms. The van der Waals surface area contributed by atoms with Crippen molar-refractivity contribution in [2.24, 2.45) is 5.41 Å². The molecule has 16 heavy (non-hydrogen) atoms. The highest BCUT2D eigenvalue weighted by molar-refractivity contribution is 5.78. The Morgan fingerprint density at radius 3 is 2.44 bits per heavy atom. The summed E-state index contributed by atoms with van der Waals surface area (Å²) in [7, 11) is 0. The highest BCUT2D eigenvalue weighted by atomic mass is 16.5. The number of carbonyl (C=O) groups is 1. The number of aliphatic hydroxyl groups excluding tert-OH is 1. The third-order valence-electron chi connectivity index (χ3n) is 2.04. The highest BCUT2D eigenvalue weighted by Gasteiger charge is 2.29. The molecule has 0 aromatic carbocycles. The SMILES string of the molecule is CC#C/C=C(/C(O)C(=O)OCC)C(C)(C)C. The van der Waals surface area contributed by atoms with E-state index in [-0.39, 0.29) is 12.0 Å². The van der Waals surface area contributed by atoms with Crippen molar-refractivity contribution in [3.63, 3.8) is 0 Å². The van der Waals surface area contributed by atoms with Gasteiger partial charge in [-0.05, 0) is 30.9 Å². The summed E-state index contributed by atoms with van der Waals surface area (Å²) >= 11 is 0. The predicted octanol–water partition coefficient (Wildman–Crippen LogP) is 1.91. The minimum atomic E-state index is -1.24. The minimum absolute atomic E-state index is 0.257. The van der Waals surface area contributed by atoms with Crippen molar-refractivity contribution >= 4 is 5.97 Å². The third kappa shape index (κ3) is 4.50. The Balaban J connectivity index is 5.04. The van der Waals surface area contributed by atoms with E-state index >= 15 is 0 Å². The maximum absolute atomic E-state index is 11.4. The van der Waals surface area contributed by atoms with Gasteiger partial charge in [-0.3, -0.25) is 0 Å². The molecule has 0 amide bonds. The zero-order chi connectivity index (χ0) is 12.8. The molecule has 0 aromatic heterocycles. The van der Waals surface area contributed by atoms with Crippen molar-refractivity contribution in [1.82, 2.24) is 0 Å². The van der Waals surface area contributed by atoms with E-state index in [0.29, 0.717) is 5.57 Å². The zero-order valence-electron chi connectivity index (χ0n) is 10.6. The van der Waals surface area contributed by atoms with Gasteiger partial charge in [-0.2, -0.15) is 0 Å². The van der Waals surface area contributed by atoms with Crippen LogP contribution in [0.1, 0.15) is 34.6 Å². The van der Waals surface area contributed by atoms with Crippen LogP contribution in [0.2, 0.25) is 0 Å². The van der Waals surface area contributed by atoms with Crippen LogP contribution < -0.4 is 0 Å². The van der Waals surface area contributed by atoms with E-state index in [0.717, 1.165) is 0 Å². The normalized spacial score (nSPS) is 13.8. The monoisotopic (exact) mass is 224 g/mol. The van der Waals surface area contributed by atoms with Crippen LogP contribution in [0.15, 0.2) is 11.6 Å². The van der Waals surface area contributed by atoms with E-state index in [4.69, 9.17) is 4.74 Å². The molecule has 0 aliphatic carbocycles. The molecule has 0 aliphatic heterocycles. The van der Waals surface area contributed by atoms with Crippen molar-refractivity contribution in [2.75, 3.05) is 6.61 Å². The Morgan fingerprint density at radius 1 is 1.50 bits per heavy atom. The molecule has 1 N–H and O–H groups in total. The van der Waals surface area contributed by atoms with Gasteiger partial charge in [0, 0.05) is 0 Å². The molecule has 0 rings (SSSR count). The number of hydrogen-bond donors (Lipinski definition) is 1. The Morgan fingerprint density at radius 2 is 2.06 bits per heavy atom. The topological polar surface area (TPSA) is 46.5 Å². The number of rotatable bonds is 3. The molecule has 3 nitrogen and oxygen atoms in total. The van der Waals surface area contributed by atoms with E-state index in [1.165, 1.54) is 0 Å². The smallest absolute Gasteiger partial charge is 0.339 e. The van der Waals surface area contributed by atoms with Crippen molar-refractivity contribution < 1.29 is 14.6 Å². The first kappa shape index (κ1) is 14.7. The number of esters is 1. The molecule has 90 valence electrons. The summed E-state index contributed by atoms with van der Waals surface area (Å²) in [5, 5.41) is 9.86. The van der Waals surface area contributed by atoms with Gasteiger partial charge in [0.1, 0.15) is 0 Å². The summed E-state index contributed by atoms with van der Waals surface area (Å²) in [4.78, 5) is 11.4. The molecule has 0 aromatic rings.